The second-order valence-corrected chi connectivity index (χ2v) is 4.76. The van der Waals surface area contributed by atoms with Crippen LogP contribution in [0.5, 0.6) is 0 Å². The van der Waals surface area contributed by atoms with E-state index in [2.05, 4.69) is 18.7 Å². The molecular weight excluding hydrogens is 188 g/mol. The molecule has 0 unspecified atom stereocenters. The number of carbonyl (C=O) groups is 1. The molecule has 0 aromatic rings. The van der Waals surface area contributed by atoms with Gasteiger partial charge in [-0.3, -0.25) is 9.69 Å². The minimum absolute atomic E-state index is 0.0357. The van der Waals surface area contributed by atoms with E-state index in [4.69, 9.17) is 5.73 Å². The summed E-state index contributed by atoms with van der Waals surface area (Å²) in [4.78, 5) is 14.2. The molecule has 15 heavy (non-hydrogen) atoms. The Morgan fingerprint density at radius 3 is 2.13 bits per heavy atom. The first kappa shape index (κ1) is 14.6. The quantitative estimate of drug-likeness (QED) is 0.701. The second-order valence-electron chi connectivity index (χ2n) is 4.76. The Morgan fingerprint density at radius 2 is 1.80 bits per heavy atom. The van der Waals surface area contributed by atoms with Crippen molar-refractivity contribution in [1.29, 1.82) is 0 Å². The van der Waals surface area contributed by atoms with Crippen LogP contribution in [0.2, 0.25) is 0 Å². The van der Waals surface area contributed by atoms with E-state index < -0.39 is 0 Å². The molecule has 0 aliphatic carbocycles. The lowest BCUT2D eigenvalue weighted by atomic mass is 9.96. The van der Waals surface area contributed by atoms with E-state index in [9.17, 15) is 4.79 Å². The summed E-state index contributed by atoms with van der Waals surface area (Å²) >= 11 is 0. The SMILES string of the molecule is CC(C)C(=O)[C@H](CCCN)N(C)C(C)C. The molecule has 0 aliphatic rings. The molecule has 90 valence electrons. The Hall–Kier alpha value is -0.410. The Morgan fingerprint density at radius 1 is 1.27 bits per heavy atom. The number of hydrogen-bond donors (Lipinski definition) is 1. The van der Waals surface area contributed by atoms with E-state index in [1.165, 1.54) is 0 Å². The highest BCUT2D eigenvalue weighted by atomic mass is 16.1. The molecule has 0 fully saturated rings. The van der Waals surface area contributed by atoms with Crippen LogP contribution in [0.3, 0.4) is 0 Å². The van der Waals surface area contributed by atoms with Crippen LogP contribution in [-0.2, 0) is 4.79 Å². The fourth-order valence-corrected chi connectivity index (χ4v) is 1.60. The molecule has 2 N–H and O–H groups in total. The summed E-state index contributed by atoms with van der Waals surface area (Å²) in [5.74, 6) is 0.439. The topological polar surface area (TPSA) is 46.3 Å². The lowest BCUT2D eigenvalue weighted by Crippen LogP contribution is -2.44. The largest absolute Gasteiger partial charge is 0.330 e. The molecule has 0 radical (unpaired) electrons. The normalized spacial score (nSPS) is 13.9. The van der Waals surface area contributed by atoms with Gasteiger partial charge in [0.05, 0.1) is 6.04 Å². The highest BCUT2D eigenvalue weighted by Gasteiger charge is 2.25. The maximum atomic E-state index is 12.0. The molecule has 0 heterocycles. The van der Waals surface area contributed by atoms with Gasteiger partial charge < -0.3 is 5.73 Å². The summed E-state index contributed by atoms with van der Waals surface area (Å²) in [6, 6.07) is 0.434. The summed E-state index contributed by atoms with van der Waals surface area (Å²) in [5.41, 5.74) is 5.50. The smallest absolute Gasteiger partial charge is 0.152 e. The number of Topliss-reactive ketones (excluding diaryl/α,β-unsaturated/α-hetero) is 1. The lowest BCUT2D eigenvalue weighted by Gasteiger charge is -2.31. The molecular formula is C12H26N2O. The number of likely N-dealkylation sites (N-methyl/N-ethyl adjacent to an activating group) is 1. The summed E-state index contributed by atoms with van der Waals surface area (Å²) in [6.45, 7) is 8.82. The van der Waals surface area contributed by atoms with Crippen molar-refractivity contribution in [3.05, 3.63) is 0 Å². The van der Waals surface area contributed by atoms with Gasteiger partial charge in [-0.05, 0) is 40.3 Å². The van der Waals surface area contributed by atoms with Crippen molar-refractivity contribution in [2.24, 2.45) is 11.7 Å². The maximum Gasteiger partial charge on any atom is 0.152 e. The Labute approximate surface area is 94.0 Å². The standard InChI is InChI=1S/C12H26N2O/c1-9(2)12(15)11(7-6-8-13)14(5)10(3)4/h9-11H,6-8,13H2,1-5H3/t11-/m0/s1. The predicted molar refractivity (Wildman–Crippen MR) is 64.8 cm³/mol. The zero-order valence-electron chi connectivity index (χ0n) is 10.8. The zero-order valence-corrected chi connectivity index (χ0v) is 10.8. The number of nitrogens with zero attached hydrogens (tertiary/aromatic N) is 1. The monoisotopic (exact) mass is 214 g/mol. The van der Waals surface area contributed by atoms with Gasteiger partial charge in [0.15, 0.2) is 5.78 Å². The molecule has 0 saturated carbocycles. The van der Waals surface area contributed by atoms with Crippen LogP contribution in [0.25, 0.3) is 0 Å². The van der Waals surface area contributed by atoms with Gasteiger partial charge in [-0.15, -0.1) is 0 Å². The van der Waals surface area contributed by atoms with Crippen LogP contribution in [0, 0.1) is 5.92 Å². The van der Waals surface area contributed by atoms with Gasteiger partial charge >= 0.3 is 0 Å². The summed E-state index contributed by atoms with van der Waals surface area (Å²) in [5, 5.41) is 0. The zero-order chi connectivity index (χ0) is 12.0. The second kappa shape index (κ2) is 6.96. The third kappa shape index (κ3) is 4.76. The molecule has 3 heteroatoms. The van der Waals surface area contributed by atoms with Crippen LogP contribution in [-0.4, -0.2) is 36.4 Å². The molecule has 0 amide bonds. The molecule has 0 aromatic carbocycles. The van der Waals surface area contributed by atoms with Crippen molar-refractivity contribution < 1.29 is 4.79 Å². The van der Waals surface area contributed by atoms with Crippen molar-refractivity contribution in [2.45, 2.75) is 52.6 Å². The maximum absolute atomic E-state index is 12.0. The van der Waals surface area contributed by atoms with Crippen LogP contribution in [0.4, 0.5) is 0 Å². The van der Waals surface area contributed by atoms with Gasteiger partial charge in [-0.25, -0.2) is 0 Å². The first-order valence-electron chi connectivity index (χ1n) is 5.87. The fraction of sp³-hybridized carbons (Fsp3) is 0.917. The number of hydrogen-bond acceptors (Lipinski definition) is 3. The third-order valence-electron chi connectivity index (χ3n) is 2.89. The third-order valence-corrected chi connectivity index (χ3v) is 2.89. The first-order valence-corrected chi connectivity index (χ1v) is 5.87. The number of rotatable bonds is 7. The van der Waals surface area contributed by atoms with Crippen molar-refractivity contribution in [2.75, 3.05) is 13.6 Å². The molecule has 0 rings (SSSR count). The fourth-order valence-electron chi connectivity index (χ4n) is 1.60. The Bertz CT molecular complexity index is 190. The Kier molecular flexibility index (Phi) is 6.77. The van der Waals surface area contributed by atoms with E-state index in [0.29, 0.717) is 18.4 Å². The summed E-state index contributed by atoms with van der Waals surface area (Å²) < 4.78 is 0. The molecule has 0 aliphatic heterocycles. The summed E-state index contributed by atoms with van der Waals surface area (Å²) in [7, 11) is 2.02. The molecule has 0 saturated heterocycles. The van der Waals surface area contributed by atoms with Crippen molar-refractivity contribution in [3.63, 3.8) is 0 Å². The van der Waals surface area contributed by atoms with Crippen LogP contribution in [0.15, 0.2) is 0 Å². The number of nitrogens with two attached hydrogens (primary N) is 1. The lowest BCUT2D eigenvalue weighted by molar-refractivity contribution is -0.127. The molecule has 0 spiro atoms. The van der Waals surface area contributed by atoms with Crippen LogP contribution in [0.1, 0.15) is 40.5 Å². The average Bonchev–Trinajstić information content (AvgIpc) is 2.17. The van der Waals surface area contributed by atoms with Gasteiger partial charge in [-0.1, -0.05) is 13.8 Å². The van der Waals surface area contributed by atoms with E-state index in [-0.39, 0.29) is 12.0 Å². The van der Waals surface area contributed by atoms with Gasteiger partial charge in [0.2, 0.25) is 0 Å². The van der Waals surface area contributed by atoms with Gasteiger partial charge in [-0.2, -0.15) is 0 Å². The van der Waals surface area contributed by atoms with Crippen LogP contribution >= 0.6 is 0 Å². The predicted octanol–water partition coefficient (Wildman–Crippen LogP) is 1.66. The highest BCUT2D eigenvalue weighted by molar-refractivity contribution is 5.85. The van der Waals surface area contributed by atoms with Crippen molar-refractivity contribution in [1.82, 2.24) is 4.90 Å². The molecule has 0 bridgehead atoms. The molecule has 1 atom stereocenters. The minimum Gasteiger partial charge on any atom is -0.330 e. The summed E-state index contributed by atoms with van der Waals surface area (Å²) in [6.07, 6.45) is 1.79. The van der Waals surface area contributed by atoms with E-state index in [1.54, 1.807) is 0 Å². The van der Waals surface area contributed by atoms with E-state index in [1.807, 2.05) is 20.9 Å². The van der Waals surface area contributed by atoms with Gasteiger partial charge in [0.25, 0.3) is 0 Å². The highest BCUT2D eigenvalue weighted by Crippen LogP contribution is 2.14. The average molecular weight is 214 g/mol. The van der Waals surface area contributed by atoms with Gasteiger partial charge in [0.1, 0.15) is 0 Å². The van der Waals surface area contributed by atoms with Crippen LogP contribution < -0.4 is 5.73 Å². The molecule has 3 nitrogen and oxygen atoms in total. The van der Waals surface area contributed by atoms with E-state index >= 15 is 0 Å². The van der Waals surface area contributed by atoms with Crippen molar-refractivity contribution >= 4 is 5.78 Å². The first-order chi connectivity index (χ1) is 6.91. The van der Waals surface area contributed by atoms with Crippen molar-refractivity contribution in [3.8, 4) is 0 Å². The van der Waals surface area contributed by atoms with Gasteiger partial charge in [0, 0.05) is 12.0 Å². The minimum atomic E-state index is 0.0357. The van der Waals surface area contributed by atoms with E-state index in [0.717, 1.165) is 12.8 Å². The number of carbonyl (C=O) groups excluding carboxylic acids is 1. The Balaban J connectivity index is 4.49. The number of ketones is 1. The molecule has 0 aromatic heterocycles.